The molecule has 144 valence electrons. The maximum atomic E-state index is 12.2. The predicted molar refractivity (Wildman–Crippen MR) is 110 cm³/mol. The topological polar surface area (TPSA) is 59.6 Å². The SMILES string of the molecule is C=C(NC(=O)Nc1ccc(OC)c(OCCCC(C)C)c1)c1ccccc1. The summed E-state index contributed by atoms with van der Waals surface area (Å²) in [5.74, 6) is 1.89. The monoisotopic (exact) mass is 368 g/mol. The number of rotatable bonds is 9. The molecular weight excluding hydrogens is 340 g/mol. The molecule has 0 radical (unpaired) electrons. The van der Waals surface area contributed by atoms with E-state index in [1.807, 2.05) is 30.3 Å². The minimum Gasteiger partial charge on any atom is -0.493 e. The number of anilines is 1. The molecule has 5 nitrogen and oxygen atoms in total. The molecule has 0 heterocycles. The van der Waals surface area contributed by atoms with Gasteiger partial charge in [0, 0.05) is 17.5 Å². The number of urea groups is 1. The van der Waals surface area contributed by atoms with Crippen LogP contribution < -0.4 is 20.1 Å². The Labute approximate surface area is 161 Å². The minimum absolute atomic E-state index is 0.361. The van der Waals surface area contributed by atoms with Crippen molar-refractivity contribution in [3.8, 4) is 11.5 Å². The lowest BCUT2D eigenvalue weighted by atomic mass is 10.1. The van der Waals surface area contributed by atoms with Gasteiger partial charge in [-0.3, -0.25) is 0 Å². The number of carbonyl (C=O) groups excluding carboxylic acids is 1. The van der Waals surface area contributed by atoms with Crippen molar-refractivity contribution in [1.82, 2.24) is 5.32 Å². The highest BCUT2D eigenvalue weighted by molar-refractivity contribution is 5.95. The fraction of sp³-hybridized carbons (Fsp3) is 0.318. The summed E-state index contributed by atoms with van der Waals surface area (Å²) in [7, 11) is 1.60. The van der Waals surface area contributed by atoms with E-state index >= 15 is 0 Å². The second kappa shape index (κ2) is 10.3. The normalized spacial score (nSPS) is 10.4. The molecule has 0 saturated carbocycles. The second-order valence-corrected chi connectivity index (χ2v) is 6.67. The number of carbonyl (C=O) groups is 1. The first-order valence-corrected chi connectivity index (χ1v) is 9.12. The van der Waals surface area contributed by atoms with E-state index in [0.717, 1.165) is 18.4 Å². The predicted octanol–water partition coefficient (Wildman–Crippen LogP) is 5.30. The van der Waals surface area contributed by atoms with E-state index in [2.05, 4.69) is 31.1 Å². The zero-order valence-electron chi connectivity index (χ0n) is 16.2. The molecule has 0 spiro atoms. The fourth-order valence-corrected chi connectivity index (χ4v) is 2.55. The van der Waals surface area contributed by atoms with Gasteiger partial charge in [0.25, 0.3) is 0 Å². The molecule has 0 bridgehead atoms. The summed E-state index contributed by atoms with van der Waals surface area (Å²) in [5.41, 5.74) is 2.01. The maximum absolute atomic E-state index is 12.2. The van der Waals surface area contributed by atoms with E-state index in [-0.39, 0.29) is 6.03 Å². The first-order valence-electron chi connectivity index (χ1n) is 9.12. The lowest BCUT2D eigenvalue weighted by Gasteiger charge is -2.14. The van der Waals surface area contributed by atoms with Gasteiger partial charge in [-0.25, -0.2) is 4.79 Å². The van der Waals surface area contributed by atoms with Gasteiger partial charge in [0.2, 0.25) is 0 Å². The summed E-state index contributed by atoms with van der Waals surface area (Å²) >= 11 is 0. The zero-order chi connectivity index (χ0) is 19.6. The van der Waals surface area contributed by atoms with Crippen LogP contribution in [-0.4, -0.2) is 19.7 Å². The largest absolute Gasteiger partial charge is 0.493 e. The number of benzene rings is 2. The summed E-state index contributed by atoms with van der Waals surface area (Å²) in [6.07, 6.45) is 2.07. The van der Waals surface area contributed by atoms with Gasteiger partial charge in [-0.15, -0.1) is 0 Å². The molecule has 2 aromatic carbocycles. The molecule has 5 heteroatoms. The zero-order valence-corrected chi connectivity index (χ0v) is 16.2. The van der Waals surface area contributed by atoms with Gasteiger partial charge in [0.15, 0.2) is 11.5 Å². The first-order chi connectivity index (χ1) is 13.0. The standard InChI is InChI=1S/C22H28N2O3/c1-16(2)9-8-14-27-21-15-19(12-13-20(21)26-4)24-22(25)23-17(3)18-10-6-5-7-11-18/h5-7,10-13,15-16H,3,8-9,14H2,1-2,4H3,(H2,23,24,25). The Morgan fingerprint density at radius 2 is 1.85 bits per heavy atom. The van der Waals surface area contributed by atoms with Gasteiger partial charge >= 0.3 is 6.03 Å². The van der Waals surface area contributed by atoms with Crippen LogP contribution in [0.4, 0.5) is 10.5 Å². The van der Waals surface area contributed by atoms with Crippen LogP contribution in [0, 0.1) is 5.92 Å². The molecule has 2 rings (SSSR count). The molecule has 2 amide bonds. The van der Waals surface area contributed by atoms with Crippen molar-refractivity contribution in [1.29, 1.82) is 0 Å². The average Bonchev–Trinajstić information content (AvgIpc) is 2.66. The van der Waals surface area contributed by atoms with Crippen molar-refractivity contribution in [3.05, 3.63) is 60.7 Å². The van der Waals surface area contributed by atoms with Crippen molar-refractivity contribution < 1.29 is 14.3 Å². The molecule has 0 aromatic heterocycles. The summed E-state index contributed by atoms with van der Waals surface area (Å²) < 4.78 is 11.2. The number of hydrogen-bond donors (Lipinski definition) is 2. The quantitative estimate of drug-likeness (QED) is 0.590. The molecule has 0 aliphatic heterocycles. The molecule has 0 atom stereocenters. The molecule has 0 unspecified atom stereocenters. The van der Waals surface area contributed by atoms with Crippen LogP contribution in [-0.2, 0) is 0 Å². The Morgan fingerprint density at radius 1 is 1.11 bits per heavy atom. The van der Waals surface area contributed by atoms with Crippen LogP contribution in [0.25, 0.3) is 5.70 Å². The van der Waals surface area contributed by atoms with Gasteiger partial charge in [-0.1, -0.05) is 50.8 Å². The van der Waals surface area contributed by atoms with Crippen LogP contribution in [0.5, 0.6) is 11.5 Å². The molecule has 27 heavy (non-hydrogen) atoms. The number of methoxy groups -OCH3 is 1. The van der Waals surface area contributed by atoms with Crippen LogP contribution in [0.3, 0.4) is 0 Å². The number of amides is 2. The number of nitrogens with one attached hydrogen (secondary N) is 2. The van der Waals surface area contributed by atoms with Crippen molar-refractivity contribution in [3.63, 3.8) is 0 Å². The summed E-state index contributed by atoms with van der Waals surface area (Å²) in [6, 6.07) is 14.4. The molecule has 2 N–H and O–H groups in total. The summed E-state index contributed by atoms with van der Waals surface area (Å²) in [4.78, 5) is 12.2. The van der Waals surface area contributed by atoms with Gasteiger partial charge in [-0.2, -0.15) is 0 Å². The lowest BCUT2D eigenvalue weighted by Crippen LogP contribution is -2.27. The Balaban J connectivity index is 1.96. The Kier molecular flexibility index (Phi) is 7.74. The minimum atomic E-state index is -0.361. The highest BCUT2D eigenvalue weighted by Gasteiger charge is 2.09. The number of ether oxygens (including phenoxy) is 2. The van der Waals surface area contributed by atoms with Crippen molar-refractivity contribution in [2.45, 2.75) is 26.7 Å². The third-order valence-corrected chi connectivity index (χ3v) is 3.99. The Morgan fingerprint density at radius 3 is 2.52 bits per heavy atom. The third kappa shape index (κ3) is 6.70. The van der Waals surface area contributed by atoms with Crippen LogP contribution in [0.1, 0.15) is 32.3 Å². The van der Waals surface area contributed by atoms with E-state index in [4.69, 9.17) is 9.47 Å². The van der Waals surface area contributed by atoms with Gasteiger partial charge in [0.05, 0.1) is 13.7 Å². The molecule has 2 aromatic rings. The molecule has 0 aliphatic carbocycles. The van der Waals surface area contributed by atoms with Gasteiger partial charge in [0.1, 0.15) is 0 Å². The second-order valence-electron chi connectivity index (χ2n) is 6.67. The highest BCUT2D eigenvalue weighted by atomic mass is 16.5. The molecular formula is C22H28N2O3. The highest BCUT2D eigenvalue weighted by Crippen LogP contribution is 2.30. The summed E-state index contributed by atoms with van der Waals surface area (Å²) in [6.45, 7) is 8.88. The van der Waals surface area contributed by atoms with Crippen molar-refractivity contribution in [2.24, 2.45) is 5.92 Å². The van der Waals surface area contributed by atoms with E-state index in [1.165, 1.54) is 0 Å². The summed E-state index contributed by atoms with van der Waals surface area (Å²) in [5, 5.41) is 5.54. The Hall–Kier alpha value is -2.95. The lowest BCUT2D eigenvalue weighted by molar-refractivity contribution is 0.255. The Bertz CT molecular complexity index is 757. The van der Waals surface area contributed by atoms with Gasteiger partial charge in [-0.05, 0) is 36.5 Å². The van der Waals surface area contributed by atoms with Crippen LogP contribution >= 0.6 is 0 Å². The average molecular weight is 368 g/mol. The maximum Gasteiger partial charge on any atom is 0.323 e. The van der Waals surface area contributed by atoms with E-state index in [0.29, 0.717) is 35.4 Å². The van der Waals surface area contributed by atoms with E-state index in [9.17, 15) is 4.79 Å². The molecule has 0 fully saturated rings. The van der Waals surface area contributed by atoms with Crippen molar-refractivity contribution >= 4 is 17.4 Å². The molecule has 0 aliphatic rings. The third-order valence-electron chi connectivity index (χ3n) is 3.99. The first kappa shape index (κ1) is 20.4. The van der Waals surface area contributed by atoms with E-state index < -0.39 is 0 Å². The van der Waals surface area contributed by atoms with Crippen LogP contribution in [0.2, 0.25) is 0 Å². The molecule has 0 saturated heterocycles. The van der Waals surface area contributed by atoms with Crippen LogP contribution in [0.15, 0.2) is 55.1 Å². The van der Waals surface area contributed by atoms with Gasteiger partial charge < -0.3 is 20.1 Å². The van der Waals surface area contributed by atoms with E-state index in [1.54, 1.807) is 25.3 Å². The fourth-order valence-electron chi connectivity index (χ4n) is 2.55. The smallest absolute Gasteiger partial charge is 0.323 e. The number of hydrogen-bond acceptors (Lipinski definition) is 3. The van der Waals surface area contributed by atoms with Crippen molar-refractivity contribution in [2.75, 3.05) is 19.0 Å².